The van der Waals surface area contributed by atoms with E-state index in [0.717, 1.165) is 19.4 Å². The summed E-state index contributed by atoms with van der Waals surface area (Å²) in [5.41, 5.74) is 1.19. The molecule has 1 aliphatic rings. The van der Waals surface area contributed by atoms with E-state index in [1.165, 1.54) is 16.4 Å². The largest absolute Gasteiger partial charge is 0.338 e. The Labute approximate surface area is 226 Å². The molecule has 12 heteroatoms. The minimum Gasteiger partial charge on any atom is -0.338 e. The van der Waals surface area contributed by atoms with Gasteiger partial charge in [0.15, 0.2) is 0 Å². The second-order valence-corrected chi connectivity index (χ2v) is 11.6. The molecular weight excluding hydrogens is 537 g/mol. The Morgan fingerprint density at radius 1 is 1.16 bits per heavy atom. The van der Waals surface area contributed by atoms with Crippen molar-refractivity contribution in [2.75, 3.05) is 31.5 Å². The third-order valence-corrected chi connectivity index (χ3v) is 8.95. The van der Waals surface area contributed by atoms with Crippen LogP contribution in [0.25, 0.3) is 11.4 Å². The average molecular weight is 567 g/mol. The van der Waals surface area contributed by atoms with Crippen LogP contribution < -0.4 is 5.32 Å². The molecular formula is C25H29Cl2N5O4S. The van der Waals surface area contributed by atoms with Crippen molar-refractivity contribution >= 4 is 44.8 Å². The average Bonchev–Trinajstić information content (AvgIpc) is 3.33. The zero-order valence-corrected chi connectivity index (χ0v) is 23.0. The lowest BCUT2D eigenvalue weighted by Crippen LogP contribution is -2.40. The van der Waals surface area contributed by atoms with Crippen LogP contribution in [0.4, 0.5) is 5.69 Å². The van der Waals surface area contributed by atoms with Gasteiger partial charge in [-0.15, -0.1) is 0 Å². The second kappa shape index (κ2) is 11.9. The fourth-order valence-corrected chi connectivity index (χ4v) is 6.32. The number of benzene rings is 2. The lowest BCUT2D eigenvalue weighted by molar-refractivity contribution is -0.121. The molecule has 9 nitrogen and oxygen atoms in total. The van der Waals surface area contributed by atoms with E-state index in [-0.39, 0.29) is 16.7 Å². The summed E-state index contributed by atoms with van der Waals surface area (Å²) >= 11 is 12.2. The Bertz CT molecular complexity index is 1340. The zero-order valence-electron chi connectivity index (χ0n) is 20.7. The Hall–Kier alpha value is -2.50. The number of likely N-dealkylation sites (tertiary alicyclic amines) is 1. The molecule has 4 rings (SSSR count). The summed E-state index contributed by atoms with van der Waals surface area (Å²) in [7, 11) is -3.54. The number of sulfonamides is 1. The Balaban J connectivity index is 1.36. The van der Waals surface area contributed by atoms with E-state index in [1.807, 2.05) is 0 Å². The number of carbonyl (C=O) groups excluding carboxylic acids is 1. The molecule has 1 unspecified atom stereocenters. The highest BCUT2D eigenvalue weighted by Gasteiger charge is 2.27. The second-order valence-electron chi connectivity index (χ2n) is 8.81. The van der Waals surface area contributed by atoms with Crippen LogP contribution in [0.15, 0.2) is 51.9 Å². The van der Waals surface area contributed by atoms with Gasteiger partial charge in [-0.2, -0.15) is 9.29 Å². The van der Waals surface area contributed by atoms with Crippen molar-refractivity contribution in [1.29, 1.82) is 0 Å². The lowest BCUT2D eigenvalue weighted by Gasteiger charge is -2.30. The summed E-state index contributed by atoms with van der Waals surface area (Å²) in [5, 5.41) is 7.91. The minimum absolute atomic E-state index is 0.108. The monoisotopic (exact) mass is 565 g/mol. The van der Waals surface area contributed by atoms with Crippen molar-refractivity contribution in [2.45, 2.75) is 38.1 Å². The molecule has 1 fully saturated rings. The molecule has 1 aliphatic heterocycles. The normalized spacial score (nSPS) is 16.7. The van der Waals surface area contributed by atoms with Gasteiger partial charge in [0, 0.05) is 35.9 Å². The number of amides is 1. The number of rotatable bonds is 9. The van der Waals surface area contributed by atoms with Crippen molar-refractivity contribution in [3.63, 3.8) is 0 Å². The maximum absolute atomic E-state index is 13.0. The summed E-state index contributed by atoms with van der Waals surface area (Å²) in [6.45, 7) is 6.16. The zero-order chi connectivity index (χ0) is 26.6. The van der Waals surface area contributed by atoms with E-state index in [0.29, 0.717) is 59.2 Å². The highest BCUT2D eigenvalue weighted by Crippen LogP contribution is 2.29. The maximum Gasteiger partial charge on any atom is 0.243 e. The van der Waals surface area contributed by atoms with Gasteiger partial charge in [-0.25, -0.2) is 8.42 Å². The number of nitrogens with one attached hydrogen (secondary N) is 1. The highest BCUT2D eigenvalue weighted by molar-refractivity contribution is 7.89. The topological polar surface area (TPSA) is 109 Å². The Kier molecular flexibility index (Phi) is 8.86. The number of carbonyl (C=O) groups is 1. The fourth-order valence-electron chi connectivity index (χ4n) is 4.37. The number of piperidine rings is 1. The van der Waals surface area contributed by atoms with Gasteiger partial charge in [0.2, 0.25) is 27.6 Å². The predicted octanol–water partition coefficient (Wildman–Crippen LogP) is 4.92. The molecule has 1 amide bonds. The van der Waals surface area contributed by atoms with Gasteiger partial charge in [-0.1, -0.05) is 42.2 Å². The van der Waals surface area contributed by atoms with Crippen LogP contribution >= 0.6 is 23.2 Å². The number of aromatic nitrogens is 2. The van der Waals surface area contributed by atoms with Gasteiger partial charge in [0.1, 0.15) is 0 Å². The van der Waals surface area contributed by atoms with Crippen LogP contribution in [0, 0.1) is 5.92 Å². The molecule has 198 valence electrons. The molecule has 1 N–H and O–H groups in total. The molecule has 0 bridgehead atoms. The number of hydrogen-bond acceptors (Lipinski definition) is 7. The van der Waals surface area contributed by atoms with E-state index in [9.17, 15) is 13.2 Å². The lowest BCUT2D eigenvalue weighted by atomic mass is 9.97. The van der Waals surface area contributed by atoms with E-state index in [2.05, 4.69) is 20.4 Å². The quantitative estimate of drug-likeness (QED) is 0.392. The Morgan fingerprint density at radius 3 is 2.57 bits per heavy atom. The van der Waals surface area contributed by atoms with Crippen LogP contribution in [0.2, 0.25) is 10.0 Å². The van der Waals surface area contributed by atoms with E-state index < -0.39 is 10.0 Å². The summed E-state index contributed by atoms with van der Waals surface area (Å²) in [5.74, 6) is 0.491. The number of anilines is 1. The summed E-state index contributed by atoms with van der Waals surface area (Å²) in [4.78, 5) is 19.7. The van der Waals surface area contributed by atoms with Gasteiger partial charge in [-0.3, -0.25) is 9.69 Å². The van der Waals surface area contributed by atoms with Gasteiger partial charge in [0.05, 0.1) is 22.4 Å². The molecule has 1 saturated heterocycles. The number of hydrogen-bond donors (Lipinski definition) is 1. The van der Waals surface area contributed by atoms with Crippen LogP contribution in [0.1, 0.15) is 32.6 Å². The van der Waals surface area contributed by atoms with Crippen molar-refractivity contribution in [3.8, 4) is 11.4 Å². The third-order valence-electron chi connectivity index (χ3n) is 6.34. The van der Waals surface area contributed by atoms with Crippen molar-refractivity contribution in [1.82, 2.24) is 19.3 Å². The first kappa shape index (κ1) is 27.5. The molecule has 37 heavy (non-hydrogen) atoms. The molecule has 0 aliphatic carbocycles. The minimum atomic E-state index is -3.54. The fraction of sp³-hybridized carbons (Fsp3) is 0.400. The van der Waals surface area contributed by atoms with E-state index in [4.69, 9.17) is 27.7 Å². The molecule has 2 heterocycles. The van der Waals surface area contributed by atoms with E-state index >= 15 is 0 Å². The number of nitrogens with zero attached hydrogens (tertiary/aromatic N) is 4. The smallest absolute Gasteiger partial charge is 0.243 e. The van der Waals surface area contributed by atoms with Gasteiger partial charge in [0.25, 0.3) is 0 Å². The Morgan fingerprint density at radius 2 is 1.89 bits per heavy atom. The van der Waals surface area contributed by atoms with Crippen LogP contribution in [-0.2, 0) is 21.4 Å². The predicted molar refractivity (Wildman–Crippen MR) is 143 cm³/mol. The standard InChI is InChI=1S/C25H29Cl2N5O4S/c1-3-32(4-2)37(34,35)20-10-8-19(9-11-20)28-25(33)17-6-5-13-31(15-17)16-23-29-24(30-36-23)21-12-7-18(26)14-22(21)27/h7-12,14,17H,3-6,13,15-16H2,1-2H3,(H,28,33). The van der Waals surface area contributed by atoms with Crippen LogP contribution in [-0.4, -0.2) is 59.8 Å². The summed E-state index contributed by atoms with van der Waals surface area (Å²) < 4.78 is 32.2. The van der Waals surface area contributed by atoms with Crippen molar-refractivity contribution in [3.05, 3.63) is 58.4 Å². The number of halogens is 2. The van der Waals surface area contributed by atoms with Gasteiger partial charge >= 0.3 is 0 Å². The third kappa shape index (κ3) is 6.50. The highest BCUT2D eigenvalue weighted by atomic mass is 35.5. The SMILES string of the molecule is CCN(CC)S(=O)(=O)c1ccc(NC(=O)C2CCCN(Cc3nc(-c4ccc(Cl)cc4Cl)no3)C2)cc1. The first-order valence-corrected chi connectivity index (χ1v) is 14.3. The van der Waals surface area contributed by atoms with Crippen molar-refractivity contribution in [2.24, 2.45) is 5.92 Å². The maximum atomic E-state index is 13.0. The molecule has 0 spiro atoms. The summed E-state index contributed by atoms with van der Waals surface area (Å²) in [6, 6.07) is 11.4. The van der Waals surface area contributed by atoms with Crippen molar-refractivity contribution < 1.29 is 17.7 Å². The van der Waals surface area contributed by atoms with Crippen LogP contribution in [0.5, 0.6) is 0 Å². The molecule has 1 atom stereocenters. The van der Waals surface area contributed by atoms with E-state index in [1.54, 1.807) is 44.2 Å². The van der Waals surface area contributed by atoms with Gasteiger partial charge < -0.3 is 9.84 Å². The first-order chi connectivity index (χ1) is 17.7. The van der Waals surface area contributed by atoms with Crippen LogP contribution in [0.3, 0.4) is 0 Å². The van der Waals surface area contributed by atoms with Gasteiger partial charge in [-0.05, 0) is 61.9 Å². The molecule has 3 aromatic rings. The first-order valence-electron chi connectivity index (χ1n) is 12.1. The molecule has 0 radical (unpaired) electrons. The molecule has 1 aromatic heterocycles. The summed E-state index contributed by atoms with van der Waals surface area (Å²) in [6.07, 6.45) is 1.61. The molecule has 0 saturated carbocycles. The molecule has 2 aromatic carbocycles.